The van der Waals surface area contributed by atoms with E-state index in [2.05, 4.69) is 31.1 Å². The van der Waals surface area contributed by atoms with E-state index in [1.807, 2.05) is 12.1 Å². The van der Waals surface area contributed by atoms with Crippen molar-refractivity contribution in [1.29, 1.82) is 0 Å². The van der Waals surface area contributed by atoms with Gasteiger partial charge in [-0.15, -0.1) is 0 Å². The van der Waals surface area contributed by atoms with E-state index in [1.54, 1.807) is 6.26 Å². The van der Waals surface area contributed by atoms with Gasteiger partial charge in [-0.05, 0) is 56.4 Å². The van der Waals surface area contributed by atoms with E-state index >= 15 is 0 Å². The van der Waals surface area contributed by atoms with Gasteiger partial charge in [-0.1, -0.05) is 13.8 Å². The first-order valence-electron chi connectivity index (χ1n) is 6.99. The summed E-state index contributed by atoms with van der Waals surface area (Å²) in [6.45, 7) is 9.15. The first kappa shape index (κ1) is 13.6. The van der Waals surface area contributed by atoms with E-state index in [4.69, 9.17) is 4.42 Å². The molecule has 0 spiro atoms. The van der Waals surface area contributed by atoms with Crippen LogP contribution in [0.4, 0.5) is 0 Å². The topological polar surface area (TPSA) is 28.4 Å². The predicted molar refractivity (Wildman–Crippen MR) is 74.4 cm³/mol. The molecule has 0 aliphatic carbocycles. The highest BCUT2D eigenvalue weighted by Gasteiger charge is 2.31. The average Bonchev–Trinajstić information content (AvgIpc) is 2.82. The van der Waals surface area contributed by atoms with E-state index in [9.17, 15) is 0 Å². The molecule has 0 bridgehead atoms. The van der Waals surface area contributed by atoms with Crippen molar-refractivity contribution in [3.63, 3.8) is 0 Å². The predicted octanol–water partition coefficient (Wildman–Crippen LogP) is 2.74. The number of nitrogens with one attached hydrogen (secondary N) is 1. The molecule has 18 heavy (non-hydrogen) atoms. The molecule has 0 saturated carbocycles. The monoisotopic (exact) mass is 250 g/mol. The summed E-state index contributed by atoms with van der Waals surface area (Å²) in [5.41, 5.74) is 0.356. The summed E-state index contributed by atoms with van der Waals surface area (Å²) in [5.74, 6) is 1.83. The molecule has 1 fully saturated rings. The average molecular weight is 250 g/mol. The van der Waals surface area contributed by atoms with Gasteiger partial charge in [0, 0.05) is 6.54 Å². The molecular weight excluding hydrogens is 224 g/mol. The van der Waals surface area contributed by atoms with E-state index in [-0.39, 0.29) is 0 Å². The minimum Gasteiger partial charge on any atom is -0.468 e. The minimum atomic E-state index is 0.356. The Morgan fingerprint density at radius 1 is 1.50 bits per heavy atom. The normalized spacial score (nSPS) is 21.4. The molecule has 1 unspecified atom stereocenters. The van der Waals surface area contributed by atoms with Gasteiger partial charge in [-0.2, -0.15) is 0 Å². The quantitative estimate of drug-likeness (QED) is 0.871. The van der Waals surface area contributed by atoms with Gasteiger partial charge in [0.15, 0.2) is 0 Å². The Morgan fingerprint density at radius 2 is 2.33 bits per heavy atom. The molecule has 1 aliphatic heterocycles. The van der Waals surface area contributed by atoms with E-state index in [1.165, 1.54) is 25.9 Å². The maximum Gasteiger partial charge on any atom is 0.117 e. The van der Waals surface area contributed by atoms with Crippen molar-refractivity contribution in [2.45, 2.75) is 33.2 Å². The Morgan fingerprint density at radius 3 is 2.94 bits per heavy atom. The van der Waals surface area contributed by atoms with Gasteiger partial charge in [0.05, 0.1) is 12.8 Å². The second kappa shape index (κ2) is 5.89. The summed E-state index contributed by atoms with van der Waals surface area (Å²) >= 11 is 0. The van der Waals surface area contributed by atoms with Crippen molar-refractivity contribution < 1.29 is 4.42 Å². The van der Waals surface area contributed by atoms with Crippen molar-refractivity contribution in [2.24, 2.45) is 11.3 Å². The molecule has 1 N–H and O–H groups in total. The van der Waals surface area contributed by atoms with Crippen molar-refractivity contribution in [3.05, 3.63) is 24.2 Å². The molecule has 1 saturated heterocycles. The number of hydrogen-bond acceptors (Lipinski definition) is 3. The zero-order valence-corrected chi connectivity index (χ0v) is 11.9. The summed E-state index contributed by atoms with van der Waals surface area (Å²) < 4.78 is 5.41. The zero-order valence-electron chi connectivity index (χ0n) is 11.9. The van der Waals surface area contributed by atoms with Crippen LogP contribution < -0.4 is 5.32 Å². The third kappa shape index (κ3) is 3.59. The summed E-state index contributed by atoms with van der Waals surface area (Å²) in [4.78, 5) is 2.37. The molecule has 1 aliphatic rings. The summed E-state index contributed by atoms with van der Waals surface area (Å²) in [6, 6.07) is 4.00. The smallest absolute Gasteiger partial charge is 0.117 e. The van der Waals surface area contributed by atoms with Crippen LogP contribution in [0, 0.1) is 11.3 Å². The number of nitrogens with zero attached hydrogens (tertiary/aromatic N) is 1. The maximum absolute atomic E-state index is 5.41. The maximum atomic E-state index is 5.41. The van der Waals surface area contributed by atoms with E-state index in [0.717, 1.165) is 24.8 Å². The van der Waals surface area contributed by atoms with Gasteiger partial charge in [-0.25, -0.2) is 0 Å². The minimum absolute atomic E-state index is 0.356. The molecule has 0 aromatic carbocycles. The van der Waals surface area contributed by atoms with Crippen molar-refractivity contribution in [3.8, 4) is 0 Å². The van der Waals surface area contributed by atoms with Crippen LogP contribution in [0.1, 0.15) is 32.4 Å². The lowest BCUT2D eigenvalue weighted by Crippen LogP contribution is -2.43. The Hall–Kier alpha value is -0.800. The fourth-order valence-electron chi connectivity index (χ4n) is 3.07. The van der Waals surface area contributed by atoms with Crippen LogP contribution in [0.3, 0.4) is 0 Å². The molecule has 2 rings (SSSR count). The second-order valence-corrected chi connectivity index (χ2v) is 6.28. The molecule has 102 valence electrons. The molecule has 0 radical (unpaired) electrons. The molecule has 3 heteroatoms. The Kier molecular flexibility index (Phi) is 4.46. The molecule has 1 aromatic heterocycles. The van der Waals surface area contributed by atoms with E-state index in [0.29, 0.717) is 5.41 Å². The van der Waals surface area contributed by atoms with Crippen LogP contribution in [0.15, 0.2) is 22.8 Å². The molecule has 1 aromatic rings. The highest BCUT2D eigenvalue weighted by Crippen LogP contribution is 2.32. The number of piperidine rings is 1. The van der Waals surface area contributed by atoms with Gasteiger partial charge in [0.2, 0.25) is 0 Å². The van der Waals surface area contributed by atoms with Crippen molar-refractivity contribution in [1.82, 2.24) is 10.2 Å². The molecular formula is C15H26N2O. The second-order valence-electron chi connectivity index (χ2n) is 6.28. The number of hydrogen-bond donors (Lipinski definition) is 1. The van der Waals surface area contributed by atoms with Gasteiger partial charge in [-0.3, -0.25) is 4.90 Å². The SMILES string of the molecule is CN(Cc1ccco1)CC(C)(C)C1CCCNC1. The van der Waals surface area contributed by atoms with Crippen LogP contribution in [-0.2, 0) is 6.54 Å². The number of rotatable bonds is 5. The first-order chi connectivity index (χ1) is 8.58. The van der Waals surface area contributed by atoms with Crippen LogP contribution >= 0.6 is 0 Å². The summed E-state index contributed by atoms with van der Waals surface area (Å²) in [6.07, 6.45) is 4.42. The third-order valence-corrected chi connectivity index (χ3v) is 4.09. The van der Waals surface area contributed by atoms with Gasteiger partial charge >= 0.3 is 0 Å². The highest BCUT2D eigenvalue weighted by atomic mass is 16.3. The largest absolute Gasteiger partial charge is 0.468 e. The summed E-state index contributed by atoms with van der Waals surface area (Å²) in [7, 11) is 2.18. The lowest BCUT2D eigenvalue weighted by Gasteiger charge is -2.39. The van der Waals surface area contributed by atoms with Gasteiger partial charge in [0.25, 0.3) is 0 Å². The number of furan rings is 1. The summed E-state index contributed by atoms with van der Waals surface area (Å²) in [5, 5.41) is 3.52. The highest BCUT2D eigenvalue weighted by molar-refractivity contribution is 4.98. The molecule has 0 amide bonds. The Bertz CT molecular complexity index is 339. The van der Waals surface area contributed by atoms with Crippen LogP contribution in [0.5, 0.6) is 0 Å². The van der Waals surface area contributed by atoms with Gasteiger partial charge < -0.3 is 9.73 Å². The molecule has 2 heterocycles. The van der Waals surface area contributed by atoms with Gasteiger partial charge in [0.1, 0.15) is 5.76 Å². The third-order valence-electron chi connectivity index (χ3n) is 4.09. The zero-order chi connectivity index (χ0) is 13.0. The van der Waals surface area contributed by atoms with Crippen LogP contribution in [0.2, 0.25) is 0 Å². The molecule has 1 atom stereocenters. The van der Waals surface area contributed by atoms with Crippen LogP contribution in [0.25, 0.3) is 0 Å². The fourth-order valence-corrected chi connectivity index (χ4v) is 3.07. The Labute approximate surface area is 111 Å². The standard InChI is InChI=1S/C15H26N2O/c1-15(2,13-6-4-8-16-10-13)12-17(3)11-14-7-5-9-18-14/h5,7,9,13,16H,4,6,8,10-12H2,1-3H3. The Balaban J connectivity index is 1.86. The lowest BCUT2D eigenvalue weighted by molar-refractivity contribution is 0.108. The van der Waals surface area contributed by atoms with Crippen molar-refractivity contribution in [2.75, 3.05) is 26.7 Å². The molecule has 3 nitrogen and oxygen atoms in total. The van der Waals surface area contributed by atoms with Crippen LogP contribution in [-0.4, -0.2) is 31.6 Å². The first-order valence-corrected chi connectivity index (χ1v) is 6.99. The van der Waals surface area contributed by atoms with E-state index < -0.39 is 0 Å². The van der Waals surface area contributed by atoms with Crippen molar-refractivity contribution >= 4 is 0 Å². The lowest BCUT2D eigenvalue weighted by atomic mass is 9.74. The fraction of sp³-hybridized carbons (Fsp3) is 0.733.